The lowest BCUT2D eigenvalue weighted by molar-refractivity contribution is 0.786. The summed E-state index contributed by atoms with van der Waals surface area (Å²) in [5.74, 6) is 1.80. The van der Waals surface area contributed by atoms with Gasteiger partial charge < -0.3 is 0 Å². The summed E-state index contributed by atoms with van der Waals surface area (Å²) in [7, 11) is 0. The number of alkyl halides is 1. The highest BCUT2D eigenvalue weighted by atomic mass is 79.9. The molecule has 0 N–H and O–H groups in total. The van der Waals surface area contributed by atoms with E-state index in [0.717, 1.165) is 41.1 Å². The van der Waals surface area contributed by atoms with Crippen LogP contribution in [-0.2, 0) is 18.2 Å². The van der Waals surface area contributed by atoms with Crippen molar-refractivity contribution in [3.8, 4) is 5.69 Å². The Morgan fingerprint density at radius 1 is 1.28 bits per heavy atom. The molecule has 18 heavy (non-hydrogen) atoms. The van der Waals surface area contributed by atoms with Gasteiger partial charge in [-0.3, -0.25) is 0 Å². The third-order valence-corrected chi connectivity index (χ3v) is 3.69. The Balaban J connectivity index is 2.64. The molecule has 0 saturated heterocycles. The molecule has 0 radical (unpaired) electrons. The van der Waals surface area contributed by atoms with E-state index >= 15 is 0 Å². The molecular formula is C13H15BrClN3. The van der Waals surface area contributed by atoms with Gasteiger partial charge in [0.25, 0.3) is 0 Å². The van der Waals surface area contributed by atoms with Gasteiger partial charge in [0.1, 0.15) is 5.82 Å². The number of hydrogen-bond acceptors (Lipinski definition) is 2. The molecule has 0 saturated carbocycles. The van der Waals surface area contributed by atoms with Crippen LogP contribution in [0.5, 0.6) is 0 Å². The Morgan fingerprint density at radius 3 is 2.67 bits per heavy atom. The van der Waals surface area contributed by atoms with Gasteiger partial charge in [-0.15, -0.1) is 0 Å². The van der Waals surface area contributed by atoms with Crippen molar-refractivity contribution in [3.05, 3.63) is 40.4 Å². The van der Waals surface area contributed by atoms with Gasteiger partial charge in [-0.05, 0) is 11.6 Å². The lowest BCUT2D eigenvalue weighted by atomic mass is 10.2. The van der Waals surface area contributed by atoms with Crippen LogP contribution in [0.1, 0.15) is 31.1 Å². The molecule has 0 atom stereocenters. The summed E-state index contributed by atoms with van der Waals surface area (Å²) in [6.45, 7) is 4.13. The highest BCUT2D eigenvalue weighted by Gasteiger charge is 2.15. The predicted octanol–water partition coefficient (Wildman–Crippen LogP) is 3.94. The zero-order valence-corrected chi connectivity index (χ0v) is 12.8. The molecule has 3 nitrogen and oxygen atoms in total. The lowest BCUT2D eigenvalue weighted by Gasteiger charge is -2.11. The van der Waals surface area contributed by atoms with E-state index < -0.39 is 0 Å². The molecule has 1 heterocycles. The van der Waals surface area contributed by atoms with Crippen LogP contribution in [0.4, 0.5) is 0 Å². The van der Waals surface area contributed by atoms with Crippen LogP contribution >= 0.6 is 27.5 Å². The van der Waals surface area contributed by atoms with Crippen LogP contribution < -0.4 is 0 Å². The van der Waals surface area contributed by atoms with Gasteiger partial charge in [-0.25, -0.2) is 9.67 Å². The van der Waals surface area contributed by atoms with Crippen molar-refractivity contribution in [2.45, 2.75) is 32.0 Å². The molecule has 5 heteroatoms. The zero-order chi connectivity index (χ0) is 13.1. The molecule has 0 aliphatic heterocycles. The summed E-state index contributed by atoms with van der Waals surface area (Å²) in [4.78, 5) is 4.52. The maximum atomic E-state index is 6.31. The Hall–Kier alpha value is -0.870. The topological polar surface area (TPSA) is 30.7 Å². The number of rotatable bonds is 4. The van der Waals surface area contributed by atoms with Crippen LogP contribution in [0.25, 0.3) is 5.69 Å². The monoisotopic (exact) mass is 327 g/mol. The highest BCUT2D eigenvalue weighted by molar-refractivity contribution is 9.08. The van der Waals surface area contributed by atoms with Crippen molar-refractivity contribution in [2.24, 2.45) is 0 Å². The fraction of sp³-hybridized carbons (Fsp3) is 0.385. The van der Waals surface area contributed by atoms with Gasteiger partial charge in [-0.1, -0.05) is 53.5 Å². The molecule has 96 valence electrons. The molecular weight excluding hydrogens is 314 g/mol. The number of aryl methyl sites for hydroxylation is 2. The quantitative estimate of drug-likeness (QED) is 0.796. The molecule has 0 amide bonds. The molecule has 1 aromatic heterocycles. The summed E-state index contributed by atoms with van der Waals surface area (Å²) in [5, 5.41) is 5.99. The fourth-order valence-electron chi connectivity index (χ4n) is 1.85. The lowest BCUT2D eigenvalue weighted by Crippen LogP contribution is -2.06. The normalized spacial score (nSPS) is 10.9. The van der Waals surface area contributed by atoms with E-state index in [1.165, 1.54) is 0 Å². The Morgan fingerprint density at radius 2 is 2.06 bits per heavy atom. The van der Waals surface area contributed by atoms with E-state index in [1.54, 1.807) is 0 Å². The number of aromatic nitrogens is 3. The van der Waals surface area contributed by atoms with Crippen LogP contribution in [0.2, 0.25) is 5.02 Å². The van der Waals surface area contributed by atoms with E-state index in [2.05, 4.69) is 39.9 Å². The van der Waals surface area contributed by atoms with Crippen LogP contribution in [0.15, 0.2) is 18.2 Å². The molecule has 2 rings (SSSR count). The Bertz CT molecular complexity index is 551. The van der Waals surface area contributed by atoms with E-state index in [1.807, 2.05) is 22.9 Å². The zero-order valence-electron chi connectivity index (χ0n) is 10.5. The second-order valence-electron chi connectivity index (χ2n) is 3.94. The summed E-state index contributed by atoms with van der Waals surface area (Å²) in [6, 6.07) is 5.88. The largest absolute Gasteiger partial charge is 0.216 e. The second kappa shape index (κ2) is 5.85. The molecule has 0 bridgehead atoms. The molecule has 0 unspecified atom stereocenters. The van der Waals surface area contributed by atoms with Gasteiger partial charge in [0, 0.05) is 18.2 Å². The number of hydrogen-bond donors (Lipinski definition) is 0. The molecule has 0 fully saturated rings. The van der Waals surface area contributed by atoms with E-state index in [4.69, 9.17) is 11.6 Å². The molecule has 0 aliphatic rings. The fourth-order valence-corrected chi connectivity index (χ4v) is 2.58. The SMILES string of the molecule is CCc1nc(CC)n(-c2c(Cl)cccc2CBr)n1. The first kappa shape index (κ1) is 13.6. The van der Waals surface area contributed by atoms with Gasteiger partial charge in [0.15, 0.2) is 5.82 Å². The molecule has 1 aromatic carbocycles. The average molecular weight is 329 g/mol. The molecule has 0 spiro atoms. The van der Waals surface area contributed by atoms with Crippen molar-refractivity contribution in [2.75, 3.05) is 0 Å². The maximum absolute atomic E-state index is 6.31. The predicted molar refractivity (Wildman–Crippen MR) is 77.8 cm³/mol. The van der Waals surface area contributed by atoms with Crippen molar-refractivity contribution in [1.82, 2.24) is 14.8 Å². The van der Waals surface area contributed by atoms with Crippen molar-refractivity contribution in [1.29, 1.82) is 0 Å². The Labute approximate surface area is 120 Å². The van der Waals surface area contributed by atoms with Crippen molar-refractivity contribution >= 4 is 27.5 Å². The first-order chi connectivity index (χ1) is 8.71. The van der Waals surface area contributed by atoms with E-state index in [9.17, 15) is 0 Å². The average Bonchev–Trinajstić information content (AvgIpc) is 2.81. The number of para-hydroxylation sites is 1. The summed E-state index contributed by atoms with van der Waals surface area (Å²) >= 11 is 9.80. The van der Waals surface area contributed by atoms with E-state index in [0.29, 0.717) is 5.02 Å². The van der Waals surface area contributed by atoms with Gasteiger partial charge in [0.2, 0.25) is 0 Å². The Kier molecular flexibility index (Phi) is 4.40. The van der Waals surface area contributed by atoms with Gasteiger partial charge in [-0.2, -0.15) is 5.10 Å². The minimum Gasteiger partial charge on any atom is -0.216 e. The number of nitrogens with zero attached hydrogens (tertiary/aromatic N) is 3. The van der Waals surface area contributed by atoms with Gasteiger partial charge >= 0.3 is 0 Å². The van der Waals surface area contributed by atoms with Crippen molar-refractivity contribution in [3.63, 3.8) is 0 Å². The van der Waals surface area contributed by atoms with Crippen molar-refractivity contribution < 1.29 is 0 Å². The third-order valence-electron chi connectivity index (χ3n) is 2.78. The minimum atomic E-state index is 0.703. The first-order valence-corrected chi connectivity index (χ1v) is 7.49. The molecule has 2 aromatic rings. The smallest absolute Gasteiger partial charge is 0.151 e. The third kappa shape index (κ3) is 2.45. The summed E-state index contributed by atoms with van der Waals surface area (Å²) < 4.78 is 1.87. The van der Waals surface area contributed by atoms with Crippen LogP contribution in [0, 0.1) is 0 Å². The standard InChI is InChI=1S/C13H15BrClN3/c1-3-11-16-12(4-2)18(17-11)13-9(8-14)6-5-7-10(13)15/h5-7H,3-4,8H2,1-2H3. The molecule has 0 aliphatic carbocycles. The minimum absolute atomic E-state index is 0.703. The number of halogens is 2. The maximum Gasteiger partial charge on any atom is 0.151 e. The van der Waals surface area contributed by atoms with Gasteiger partial charge in [0.05, 0.1) is 10.7 Å². The summed E-state index contributed by atoms with van der Waals surface area (Å²) in [6.07, 6.45) is 1.66. The summed E-state index contributed by atoms with van der Waals surface area (Å²) in [5.41, 5.74) is 2.05. The van der Waals surface area contributed by atoms with E-state index in [-0.39, 0.29) is 0 Å². The first-order valence-electron chi connectivity index (χ1n) is 5.99. The second-order valence-corrected chi connectivity index (χ2v) is 4.91. The number of benzene rings is 1. The van der Waals surface area contributed by atoms with Crippen LogP contribution in [-0.4, -0.2) is 14.8 Å². The van der Waals surface area contributed by atoms with Crippen LogP contribution in [0.3, 0.4) is 0 Å². The highest BCUT2D eigenvalue weighted by Crippen LogP contribution is 2.26.